The number of hydrogen-bond acceptors (Lipinski definition) is 5. The van der Waals surface area contributed by atoms with Crippen molar-refractivity contribution in [2.24, 2.45) is 0 Å². The quantitative estimate of drug-likeness (QED) is 0.831. The van der Waals surface area contributed by atoms with Gasteiger partial charge in [0.05, 0.1) is 23.9 Å². The summed E-state index contributed by atoms with van der Waals surface area (Å²) in [7, 11) is 0. The van der Waals surface area contributed by atoms with Gasteiger partial charge in [0.25, 0.3) is 0 Å². The Kier molecular flexibility index (Phi) is 5.94. The Morgan fingerprint density at radius 1 is 1.65 bits per heavy atom. The molecule has 1 aliphatic heterocycles. The van der Waals surface area contributed by atoms with Gasteiger partial charge in [-0.3, -0.25) is 4.79 Å². The molecule has 1 aromatic heterocycles. The summed E-state index contributed by atoms with van der Waals surface area (Å²) in [4.78, 5) is 16.3. The first-order valence-corrected chi connectivity index (χ1v) is 8.05. The Hall–Kier alpha value is -0.980. The van der Waals surface area contributed by atoms with Gasteiger partial charge in [0, 0.05) is 43.3 Å². The number of hydrogen-bond donors (Lipinski definition) is 2. The summed E-state index contributed by atoms with van der Waals surface area (Å²) in [5.74, 6) is 0.549. The molecule has 20 heavy (non-hydrogen) atoms. The molecular formula is C14H23N3O2S. The van der Waals surface area contributed by atoms with Gasteiger partial charge in [-0.25, -0.2) is 4.98 Å². The zero-order valence-corrected chi connectivity index (χ0v) is 13.0. The number of nitrogens with one attached hydrogen (secondary N) is 2. The van der Waals surface area contributed by atoms with E-state index >= 15 is 0 Å². The van der Waals surface area contributed by atoms with Crippen molar-refractivity contribution >= 4 is 17.2 Å². The van der Waals surface area contributed by atoms with Crippen molar-refractivity contribution in [1.29, 1.82) is 0 Å². The molecule has 2 rings (SSSR count). The Bertz CT molecular complexity index is 428. The van der Waals surface area contributed by atoms with Crippen LogP contribution < -0.4 is 10.6 Å². The Morgan fingerprint density at radius 2 is 2.50 bits per heavy atom. The van der Waals surface area contributed by atoms with Gasteiger partial charge in [-0.1, -0.05) is 13.8 Å². The number of ether oxygens (including phenoxy) is 1. The van der Waals surface area contributed by atoms with Gasteiger partial charge in [0.1, 0.15) is 0 Å². The second kappa shape index (κ2) is 7.71. The third kappa shape index (κ3) is 4.85. The van der Waals surface area contributed by atoms with Gasteiger partial charge in [0.15, 0.2) is 0 Å². The van der Waals surface area contributed by atoms with Crippen molar-refractivity contribution in [2.45, 2.75) is 38.6 Å². The fraction of sp³-hybridized carbons (Fsp3) is 0.714. The number of carbonyl (C=O) groups is 1. The number of carbonyl (C=O) groups excluding carboxylic acids is 1. The minimum atomic E-state index is 0.0762. The van der Waals surface area contributed by atoms with Crippen molar-refractivity contribution in [3.63, 3.8) is 0 Å². The largest absolute Gasteiger partial charge is 0.378 e. The van der Waals surface area contributed by atoms with E-state index in [1.54, 1.807) is 11.3 Å². The van der Waals surface area contributed by atoms with Crippen molar-refractivity contribution in [1.82, 2.24) is 15.6 Å². The molecule has 6 heteroatoms. The highest BCUT2D eigenvalue weighted by Crippen LogP contribution is 2.19. The molecule has 1 unspecified atom stereocenters. The third-order valence-electron chi connectivity index (χ3n) is 3.20. The zero-order valence-electron chi connectivity index (χ0n) is 12.1. The van der Waals surface area contributed by atoms with E-state index in [1.807, 2.05) is 0 Å². The van der Waals surface area contributed by atoms with E-state index in [1.165, 1.54) is 0 Å². The molecule has 0 aromatic carbocycles. The van der Waals surface area contributed by atoms with E-state index in [9.17, 15) is 4.79 Å². The molecule has 1 atom stereocenters. The maximum absolute atomic E-state index is 11.8. The highest BCUT2D eigenvalue weighted by molar-refractivity contribution is 7.09. The molecule has 1 amide bonds. The maximum Gasteiger partial charge on any atom is 0.221 e. The van der Waals surface area contributed by atoms with Crippen molar-refractivity contribution < 1.29 is 9.53 Å². The van der Waals surface area contributed by atoms with E-state index in [0.29, 0.717) is 25.5 Å². The predicted octanol–water partition coefficient (Wildman–Crippen LogP) is 1.30. The van der Waals surface area contributed by atoms with Gasteiger partial charge in [-0.2, -0.15) is 0 Å². The molecule has 0 bridgehead atoms. The molecule has 1 saturated heterocycles. The number of nitrogens with zero attached hydrogens (tertiary/aromatic N) is 1. The van der Waals surface area contributed by atoms with Crippen molar-refractivity contribution in [3.8, 4) is 0 Å². The molecule has 2 heterocycles. The van der Waals surface area contributed by atoms with Crippen LogP contribution in [0, 0.1) is 0 Å². The van der Waals surface area contributed by atoms with Crippen LogP contribution in [0.1, 0.15) is 36.9 Å². The Labute approximate surface area is 124 Å². The van der Waals surface area contributed by atoms with Crippen LogP contribution in [0.5, 0.6) is 0 Å². The molecule has 0 saturated carbocycles. The van der Waals surface area contributed by atoms with E-state index < -0.39 is 0 Å². The summed E-state index contributed by atoms with van der Waals surface area (Å²) >= 11 is 1.69. The van der Waals surface area contributed by atoms with Crippen LogP contribution in [0.15, 0.2) is 5.38 Å². The van der Waals surface area contributed by atoms with Crippen LogP contribution in [0.2, 0.25) is 0 Å². The number of aromatic nitrogens is 1. The first kappa shape index (κ1) is 15.4. The summed E-state index contributed by atoms with van der Waals surface area (Å²) in [5, 5.41) is 9.47. The summed E-state index contributed by atoms with van der Waals surface area (Å²) in [5.41, 5.74) is 1.07. The molecule has 0 spiro atoms. The number of thiazole rings is 1. The molecule has 1 aromatic rings. The van der Waals surface area contributed by atoms with Crippen LogP contribution in [0.4, 0.5) is 0 Å². The van der Waals surface area contributed by atoms with Crippen LogP contribution in [0.3, 0.4) is 0 Å². The lowest BCUT2D eigenvalue weighted by molar-refractivity contribution is -0.122. The van der Waals surface area contributed by atoms with Gasteiger partial charge < -0.3 is 15.4 Å². The average molecular weight is 297 g/mol. The lowest BCUT2D eigenvalue weighted by Crippen LogP contribution is -2.44. The van der Waals surface area contributed by atoms with E-state index in [-0.39, 0.29) is 11.9 Å². The molecule has 0 radical (unpaired) electrons. The monoisotopic (exact) mass is 297 g/mol. The van der Waals surface area contributed by atoms with Crippen LogP contribution >= 0.6 is 11.3 Å². The second-order valence-electron chi connectivity index (χ2n) is 5.36. The molecular weight excluding hydrogens is 274 g/mol. The summed E-state index contributed by atoms with van der Waals surface area (Å²) < 4.78 is 5.33. The first-order valence-electron chi connectivity index (χ1n) is 7.17. The van der Waals surface area contributed by atoms with Gasteiger partial charge in [-0.05, 0) is 0 Å². The van der Waals surface area contributed by atoms with Crippen LogP contribution in [0.25, 0.3) is 0 Å². The standard InChI is InChI=1S/C14H23N3O2S/c1-10(2)14-17-11(9-20-14)3-4-16-13(18)7-12-8-19-6-5-15-12/h9-10,12,15H,3-8H2,1-2H3,(H,16,18). The van der Waals surface area contributed by atoms with Crippen LogP contribution in [-0.4, -0.2) is 43.2 Å². The minimum Gasteiger partial charge on any atom is -0.378 e. The Morgan fingerprint density at radius 3 is 3.15 bits per heavy atom. The van der Waals surface area contributed by atoms with Crippen molar-refractivity contribution in [3.05, 3.63) is 16.1 Å². The fourth-order valence-electron chi connectivity index (χ4n) is 2.08. The van der Waals surface area contributed by atoms with Gasteiger partial charge in [0.2, 0.25) is 5.91 Å². The number of morpholine rings is 1. The lowest BCUT2D eigenvalue weighted by Gasteiger charge is -2.23. The highest BCUT2D eigenvalue weighted by Gasteiger charge is 2.16. The van der Waals surface area contributed by atoms with E-state index in [4.69, 9.17) is 4.74 Å². The molecule has 112 valence electrons. The third-order valence-corrected chi connectivity index (χ3v) is 4.39. The lowest BCUT2D eigenvalue weighted by atomic mass is 10.2. The predicted molar refractivity (Wildman–Crippen MR) is 80.1 cm³/mol. The van der Waals surface area contributed by atoms with Gasteiger partial charge >= 0.3 is 0 Å². The smallest absolute Gasteiger partial charge is 0.221 e. The first-order chi connectivity index (χ1) is 9.65. The average Bonchev–Trinajstić information content (AvgIpc) is 2.89. The molecule has 2 N–H and O–H groups in total. The Balaban J connectivity index is 1.65. The maximum atomic E-state index is 11.8. The highest BCUT2D eigenvalue weighted by atomic mass is 32.1. The fourth-order valence-corrected chi connectivity index (χ4v) is 2.95. The summed E-state index contributed by atoms with van der Waals surface area (Å²) in [6.45, 7) is 7.12. The van der Waals surface area contributed by atoms with Gasteiger partial charge in [-0.15, -0.1) is 11.3 Å². The van der Waals surface area contributed by atoms with Crippen LogP contribution in [-0.2, 0) is 16.0 Å². The zero-order chi connectivity index (χ0) is 14.4. The summed E-state index contributed by atoms with van der Waals surface area (Å²) in [6.07, 6.45) is 1.28. The second-order valence-corrected chi connectivity index (χ2v) is 6.25. The summed E-state index contributed by atoms with van der Waals surface area (Å²) in [6, 6.07) is 0.149. The van der Waals surface area contributed by atoms with E-state index in [2.05, 4.69) is 34.8 Å². The van der Waals surface area contributed by atoms with E-state index in [0.717, 1.165) is 30.3 Å². The molecule has 5 nitrogen and oxygen atoms in total. The molecule has 1 aliphatic rings. The normalized spacial score (nSPS) is 19.2. The SMILES string of the molecule is CC(C)c1nc(CCNC(=O)CC2COCCN2)cs1. The van der Waals surface area contributed by atoms with Crippen molar-refractivity contribution in [2.75, 3.05) is 26.3 Å². The molecule has 0 aliphatic carbocycles. The number of amides is 1. The minimum absolute atomic E-state index is 0.0762. The number of rotatable bonds is 6. The molecule has 1 fully saturated rings. The topological polar surface area (TPSA) is 63.2 Å².